The lowest BCUT2D eigenvalue weighted by atomic mass is 10.1. The number of hydrogen-bond donors (Lipinski definition) is 1. The number of nitrogens with zero attached hydrogens (tertiary/aromatic N) is 2. The van der Waals surface area contributed by atoms with Gasteiger partial charge in [-0.2, -0.15) is 0 Å². The molecular weight excluding hydrogens is 242 g/mol. The third-order valence-corrected chi connectivity index (χ3v) is 2.60. The van der Waals surface area contributed by atoms with Crippen LogP contribution < -0.4 is 5.32 Å². The maximum Gasteiger partial charge on any atom is 0.307 e. The zero-order valence-corrected chi connectivity index (χ0v) is 10.7. The van der Waals surface area contributed by atoms with Crippen molar-refractivity contribution in [2.24, 2.45) is 0 Å². The zero-order valence-electron chi connectivity index (χ0n) is 10.7. The lowest BCUT2D eigenvalue weighted by Gasteiger charge is -2.05. The molecule has 0 saturated carbocycles. The van der Waals surface area contributed by atoms with Crippen molar-refractivity contribution in [1.29, 1.82) is 0 Å². The van der Waals surface area contributed by atoms with Crippen molar-refractivity contribution in [3.8, 4) is 11.3 Å². The van der Waals surface area contributed by atoms with Gasteiger partial charge in [0.25, 0.3) is 0 Å². The number of ether oxygens (including phenoxy) is 1. The van der Waals surface area contributed by atoms with E-state index in [4.69, 9.17) is 0 Å². The number of benzene rings is 1. The van der Waals surface area contributed by atoms with Crippen LogP contribution >= 0.6 is 0 Å². The van der Waals surface area contributed by atoms with E-state index in [0.717, 1.165) is 11.3 Å². The summed E-state index contributed by atoms with van der Waals surface area (Å²) in [6, 6.07) is 13.6. The molecule has 0 fully saturated rings. The maximum atomic E-state index is 10.9. The monoisotopic (exact) mass is 257 g/mol. The third kappa shape index (κ3) is 3.77. The Morgan fingerprint density at radius 3 is 2.58 bits per heavy atom. The number of hydrogen-bond acceptors (Lipinski definition) is 5. The van der Waals surface area contributed by atoms with Crippen LogP contribution in [0.5, 0.6) is 0 Å². The Morgan fingerprint density at radius 2 is 1.95 bits per heavy atom. The molecule has 2 rings (SSSR count). The van der Waals surface area contributed by atoms with Gasteiger partial charge in [-0.1, -0.05) is 30.3 Å². The molecule has 0 aliphatic carbocycles. The molecule has 0 amide bonds. The van der Waals surface area contributed by atoms with E-state index in [1.807, 2.05) is 42.5 Å². The highest BCUT2D eigenvalue weighted by atomic mass is 16.5. The molecule has 1 N–H and O–H groups in total. The minimum absolute atomic E-state index is 0.249. The van der Waals surface area contributed by atoms with E-state index in [0.29, 0.717) is 18.8 Å². The maximum absolute atomic E-state index is 10.9. The van der Waals surface area contributed by atoms with Gasteiger partial charge in [0, 0.05) is 12.1 Å². The van der Waals surface area contributed by atoms with Gasteiger partial charge in [-0.05, 0) is 12.1 Å². The summed E-state index contributed by atoms with van der Waals surface area (Å²) in [4.78, 5) is 10.9. The van der Waals surface area contributed by atoms with Crippen LogP contribution in [0.15, 0.2) is 42.5 Å². The van der Waals surface area contributed by atoms with Gasteiger partial charge in [0.1, 0.15) is 5.82 Å². The predicted molar refractivity (Wildman–Crippen MR) is 72.6 cm³/mol. The fourth-order valence-corrected chi connectivity index (χ4v) is 1.58. The van der Waals surface area contributed by atoms with Crippen molar-refractivity contribution in [2.45, 2.75) is 6.42 Å². The van der Waals surface area contributed by atoms with E-state index in [-0.39, 0.29) is 5.97 Å². The fraction of sp³-hybridized carbons (Fsp3) is 0.214. The molecular formula is C14H15N3O2. The molecule has 19 heavy (non-hydrogen) atoms. The summed E-state index contributed by atoms with van der Waals surface area (Å²) in [5.41, 5.74) is 1.84. The van der Waals surface area contributed by atoms with Crippen LogP contribution in [0, 0.1) is 0 Å². The average molecular weight is 257 g/mol. The topological polar surface area (TPSA) is 64.1 Å². The molecule has 0 atom stereocenters. The Balaban J connectivity index is 1.94. The molecule has 1 aromatic heterocycles. The molecule has 0 spiro atoms. The average Bonchev–Trinajstić information content (AvgIpc) is 2.48. The van der Waals surface area contributed by atoms with Gasteiger partial charge in [0.2, 0.25) is 0 Å². The molecule has 0 aliphatic heterocycles. The number of anilines is 1. The molecule has 0 aliphatic rings. The second-order valence-electron chi connectivity index (χ2n) is 3.92. The van der Waals surface area contributed by atoms with Gasteiger partial charge in [-0.3, -0.25) is 4.79 Å². The SMILES string of the molecule is COC(=O)CCNc1ccc(-c2ccccc2)nn1. The Bertz CT molecular complexity index is 526. The van der Waals surface area contributed by atoms with Gasteiger partial charge in [-0.25, -0.2) is 0 Å². The van der Waals surface area contributed by atoms with Crippen LogP contribution in [0.2, 0.25) is 0 Å². The lowest BCUT2D eigenvalue weighted by Crippen LogP contribution is -2.10. The first-order valence-electron chi connectivity index (χ1n) is 5.99. The van der Waals surface area contributed by atoms with Crippen molar-refractivity contribution in [2.75, 3.05) is 19.0 Å². The molecule has 0 saturated heterocycles. The third-order valence-electron chi connectivity index (χ3n) is 2.60. The summed E-state index contributed by atoms with van der Waals surface area (Å²) >= 11 is 0. The molecule has 1 aromatic carbocycles. The minimum Gasteiger partial charge on any atom is -0.469 e. The van der Waals surface area contributed by atoms with Crippen molar-refractivity contribution < 1.29 is 9.53 Å². The van der Waals surface area contributed by atoms with Crippen LogP contribution in [0.1, 0.15) is 6.42 Å². The number of rotatable bonds is 5. The van der Waals surface area contributed by atoms with Gasteiger partial charge >= 0.3 is 5.97 Å². The number of methoxy groups -OCH3 is 1. The first kappa shape index (κ1) is 13.0. The van der Waals surface area contributed by atoms with Crippen molar-refractivity contribution in [1.82, 2.24) is 10.2 Å². The Hall–Kier alpha value is -2.43. The zero-order chi connectivity index (χ0) is 13.5. The normalized spacial score (nSPS) is 9.95. The first-order valence-corrected chi connectivity index (χ1v) is 5.99. The largest absolute Gasteiger partial charge is 0.469 e. The van der Waals surface area contributed by atoms with E-state index in [9.17, 15) is 4.79 Å². The molecule has 0 unspecified atom stereocenters. The summed E-state index contributed by atoms with van der Waals surface area (Å²) < 4.78 is 4.55. The fourth-order valence-electron chi connectivity index (χ4n) is 1.58. The molecule has 0 bridgehead atoms. The second kappa shape index (κ2) is 6.49. The van der Waals surface area contributed by atoms with Crippen LogP contribution in [0.25, 0.3) is 11.3 Å². The number of carbonyl (C=O) groups is 1. The molecule has 5 nitrogen and oxygen atoms in total. The van der Waals surface area contributed by atoms with E-state index >= 15 is 0 Å². The molecule has 5 heteroatoms. The van der Waals surface area contributed by atoms with Crippen LogP contribution in [0.4, 0.5) is 5.82 Å². The first-order chi connectivity index (χ1) is 9.29. The number of nitrogens with one attached hydrogen (secondary N) is 1. The Labute approximate surface area is 111 Å². The van der Waals surface area contributed by atoms with E-state index in [1.165, 1.54) is 7.11 Å². The molecule has 2 aromatic rings. The van der Waals surface area contributed by atoms with E-state index in [2.05, 4.69) is 20.3 Å². The number of carbonyl (C=O) groups excluding carboxylic acids is 1. The highest BCUT2D eigenvalue weighted by Gasteiger charge is 2.02. The highest BCUT2D eigenvalue weighted by molar-refractivity contribution is 5.69. The van der Waals surface area contributed by atoms with E-state index < -0.39 is 0 Å². The molecule has 98 valence electrons. The van der Waals surface area contributed by atoms with Crippen LogP contribution in [-0.2, 0) is 9.53 Å². The van der Waals surface area contributed by atoms with Crippen molar-refractivity contribution in [3.05, 3.63) is 42.5 Å². The predicted octanol–water partition coefficient (Wildman–Crippen LogP) is 2.12. The summed E-state index contributed by atoms with van der Waals surface area (Å²) in [6.07, 6.45) is 0.304. The number of esters is 1. The Kier molecular flexibility index (Phi) is 4.44. The second-order valence-corrected chi connectivity index (χ2v) is 3.92. The summed E-state index contributed by atoms with van der Waals surface area (Å²) in [6.45, 7) is 0.478. The van der Waals surface area contributed by atoms with Gasteiger partial charge < -0.3 is 10.1 Å². The minimum atomic E-state index is -0.249. The Morgan fingerprint density at radius 1 is 1.16 bits per heavy atom. The molecule has 0 radical (unpaired) electrons. The van der Waals surface area contributed by atoms with Crippen LogP contribution in [-0.4, -0.2) is 29.8 Å². The quantitative estimate of drug-likeness (QED) is 0.831. The van der Waals surface area contributed by atoms with Gasteiger partial charge in [0.15, 0.2) is 0 Å². The van der Waals surface area contributed by atoms with Crippen molar-refractivity contribution in [3.63, 3.8) is 0 Å². The standard InChI is InChI=1S/C14H15N3O2/c1-19-14(18)9-10-15-13-8-7-12(16-17-13)11-5-3-2-4-6-11/h2-8H,9-10H2,1H3,(H,15,17). The van der Waals surface area contributed by atoms with Gasteiger partial charge in [-0.15, -0.1) is 10.2 Å². The van der Waals surface area contributed by atoms with Crippen LogP contribution in [0.3, 0.4) is 0 Å². The smallest absolute Gasteiger partial charge is 0.307 e. The number of aromatic nitrogens is 2. The molecule has 1 heterocycles. The van der Waals surface area contributed by atoms with Gasteiger partial charge in [0.05, 0.1) is 19.2 Å². The van der Waals surface area contributed by atoms with E-state index in [1.54, 1.807) is 0 Å². The lowest BCUT2D eigenvalue weighted by molar-refractivity contribution is -0.140. The summed E-state index contributed by atoms with van der Waals surface area (Å²) in [7, 11) is 1.37. The van der Waals surface area contributed by atoms with Crippen molar-refractivity contribution >= 4 is 11.8 Å². The summed E-state index contributed by atoms with van der Waals surface area (Å²) in [5.74, 6) is 0.393. The summed E-state index contributed by atoms with van der Waals surface area (Å²) in [5, 5.41) is 11.2. The highest BCUT2D eigenvalue weighted by Crippen LogP contribution is 2.16.